The standard InChI is InChI=1S/C32H40N2O4/c1-7-34(8-2)25-13-9-23(10-14-25)30-29(32(36)38-19-20(3)4)21(5)33-27-17-24(18-28(35)31(27)30)22-11-15-26(37-6)16-12-22/h9-16,20,24,30,33H,7-8,17-19H2,1-6H3. The van der Waals surface area contributed by atoms with Gasteiger partial charge in [0.2, 0.25) is 0 Å². The van der Waals surface area contributed by atoms with Crippen molar-refractivity contribution in [3.05, 3.63) is 82.2 Å². The van der Waals surface area contributed by atoms with Crippen LogP contribution in [0.1, 0.15) is 70.4 Å². The Kier molecular flexibility index (Phi) is 8.60. The van der Waals surface area contributed by atoms with Crippen LogP contribution in [0.15, 0.2) is 71.1 Å². The fourth-order valence-corrected chi connectivity index (χ4v) is 5.54. The van der Waals surface area contributed by atoms with Gasteiger partial charge in [-0.25, -0.2) is 4.79 Å². The molecule has 6 heteroatoms. The number of benzene rings is 2. The first-order valence-corrected chi connectivity index (χ1v) is 13.7. The molecule has 0 radical (unpaired) electrons. The van der Waals surface area contributed by atoms with Crippen molar-refractivity contribution < 1.29 is 19.1 Å². The SMILES string of the molecule is CCN(CC)c1ccc(C2C(C(=O)OCC(C)C)=C(C)NC3=C2C(=O)CC(c2ccc(OC)cc2)C3)cc1. The number of anilines is 1. The molecule has 2 aromatic rings. The summed E-state index contributed by atoms with van der Waals surface area (Å²) in [5.74, 6) is 0.327. The highest BCUT2D eigenvalue weighted by Gasteiger charge is 2.41. The highest BCUT2D eigenvalue weighted by molar-refractivity contribution is 6.04. The number of carbonyl (C=O) groups is 2. The molecule has 1 N–H and O–H groups in total. The van der Waals surface area contributed by atoms with Crippen molar-refractivity contribution >= 4 is 17.4 Å². The summed E-state index contributed by atoms with van der Waals surface area (Å²) in [6.45, 7) is 12.4. The number of nitrogens with zero attached hydrogens (tertiary/aromatic N) is 1. The second-order valence-electron chi connectivity index (χ2n) is 10.5. The van der Waals surface area contributed by atoms with Gasteiger partial charge in [0.05, 0.1) is 19.3 Å². The van der Waals surface area contributed by atoms with E-state index in [1.165, 1.54) is 0 Å². The molecule has 38 heavy (non-hydrogen) atoms. The van der Waals surface area contributed by atoms with Gasteiger partial charge in [-0.2, -0.15) is 0 Å². The van der Waals surface area contributed by atoms with Crippen LogP contribution < -0.4 is 15.0 Å². The zero-order valence-corrected chi connectivity index (χ0v) is 23.5. The van der Waals surface area contributed by atoms with Crippen LogP contribution in [0.4, 0.5) is 5.69 Å². The highest BCUT2D eigenvalue weighted by atomic mass is 16.5. The lowest BCUT2D eigenvalue weighted by Gasteiger charge is -2.37. The third kappa shape index (κ3) is 5.64. The van der Waals surface area contributed by atoms with Crippen LogP contribution in [0.2, 0.25) is 0 Å². The Morgan fingerprint density at radius 1 is 1.00 bits per heavy atom. The Balaban J connectivity index is 1.74. The van der Waals surface area contributed by atoms with Crippen molar-refractivity contribution in [3.8, 4) is 5.75 Å². The van der Waals surface area contributed by atoms with Gasteiger partial charge in [-0.05, 0) is 74.4 Å². The number of dihydropyridines is 1. The van der Waals surface area contributed by atoms with Gasteiger partial charge >= 0.3 is 5.97 Å². The molecule has 0 aromatic heterocycles. The summed E-state index contributed by atoms with van der Waals surface area (Å²) in [6, 6.07) is 16.2. The van der Waals surface area contributed by atoms with Crippen molar-refractivity contribution in [1.29, 1.82) is 0 Å². The predicted octanol–water partition coefficient (Wildman–Crippen LogP) is 6.10. The number of carbonyl (C=O) groups excluding carboxylic acids is 2. The van der Waals surface area contributed by atoms with E-state index in [0.29, 0.717) is 30.6 Å². The molecule has 6 nitrogen and oxygen atoms in total. The normalized spacial score (nSPS) is 19.3. The van der Waals surface area contributed by atoms with E-state index in [1.54, 1.807) is 7.11 Å². The Bertz CT molecular complexity index is 1220. The van der Waals surface area contributed by atoms with Crippen LogP contribution in [0.25, 0.3) is 0 Å². The number of allylic oxidation sites excluding steroid dienone is 3. The first kappa shape index (κ1) is 27.5. The third-order valence-corrected chi connectivity index (χ3v) is 7.54. The lowest BCUT2D eigenvalue weighted by atomic mass is 9.71. The molecule has 0 saturated heterocycles. The Hall–Kier alpha value is -3.54. The van der Waals surface area contributed by atoms with Crippen molar-refractivity contribution in [1.82, 2.24) is 5.32 Å². The fourth-order valence-electron chi connectivity index (χ4n) is 5.54. The second-order valence-corrected chi connectivity index (χ2v) is 10.5. The number of Topliss-reactive ketones (excluding diaryl/α,β-unsaturated/α-hetero) is 1. The van der Waals surface area contributed by atoms with E-state index in [9.17, 15) is 9.59 Å². The number of hydrogen-bond donors (Lipinski definition) is 1. The zero-order chi connectivity index (χ0) is 27.4. The van der Waals surface area contributed by atoms with Crippen LogP contribution >= 0.6 is 0 Å². The Labute approximate surface area is 226 Å². The number of rotatable bonds is 9. The summed E-state index contributed by atoms with van der Waals surface area (Å²) in [5, 5.41) is 3.44. The molecule has 2 atom stereocenters. The van der Waals surface area contributed by atoms with E-state index < -0.39 is 5.92 Å². The van der Waals surface area contributed by atoms with Crippen molar-refractivity contribution in [2.45, 2.75) is 59.3 Å². The van der Waals surface area contributed by atoms with Crippen molar-refractivity contribution in [2.24, 2.45) is 5.92 Å². The molecule has 2 aliphatic rings. The Morgan fingerprint density at radius 2 is 1.63 bits per heavy atom. The number of hydrogen-bond acceptors (Lipinski definition) is 6. The number of methoxy groups -OCH3 is 1. The lowest BCUT2D eigenvalue weighted by molar-refractivity contribution is -0.140. The van der Waals surface area contributed by atoms with Gasteiger partial charge in [0, 0.05) is 48.1 Å². The second kappa shape index (κ2) is 11.9. The van der Waals surface area contributed by atoms with Gasteiger partial charge in [0.1, 0.15) is 5.75 Å². The molecule has 0 bridgehead atoms. The lowest BCUT2D eigenvalue weighted by Crippen LogP contribution is -2.36. The average Bonchev–Trinajstić information content (AvgIpc) is 2.92. The van der Waals surface area contributed by atoms with Crippen molar-refractivity contribution in [3.63, 3.8) is 0 Å². The fraction of sp³-hybridized carbons (Fsp3) is 0.438. The first-order chi connectivity index (χ1) is 18.3. The molecule has 0 spiro atoms. The van der Waals surface area contributed by atoms with Gasteiger partial charge in [0.15, 0.2) is 5.78 Å². The smallest absolute Gasteiger partial charge is 0.336 e. The molecule has 1 aliphatic carbocycles. The maximum Gasteiger partial charge on any atom is 0.336 e. The van der Waals surface area contributed by atoms with Gasteiger partial charge in [0.25, 0.3) is 0 Å². The van der Waals surface area contributed by atoms with Crippen LogP contribution in [0.3, 0.4) is 0 Å². The summed E-state index contributed by atoms with van der Waals surface area (Å²) in [5.41, 5.74) is 6.03. The molecule has 1 aliphatic heterocycles. The van der Waals surface area contributed by atoms with Crippen LogP contribution in [-0.2, 0) is 14.3 Å². The van der Waals surface area contributed by atoms with Gasteiger partial charge in [-0.15, -0.1) is 0 Å². The molecule has 202 valence electrons. The van der Waals surface area contributed by atoms with Gasteiger partial charge < -0.3 is 19.7 Å². The summed E-state index contributed by atoms with van der Waals surface area (Å²) in [4.78, 5) is 29.5. The van der Waals surface area contributed by atoms with Gasteiger partial charge in [-0.3, -0.25) is 4.79 Å². The van der Waals surface area contributed by atoms with E-state index in [4.69, 9.17) is 9.47 Å². The molecule has 0 fully saturated rings. The molecule has 0 saturated carbocycles. The minimum atomic E-state index is -0.457. The van der Waals surface area contributed by atoms with E-state index in [1.807, 2.05) is 45.0 Å². The maximum absolute atomic E-state index is 13.8. The minimum absolute atomic E-state index is 0.0626. The van der Waals surface area contributed by atoms with E-state index in [-0.39, 0.29) is 23.6 Å². The molecule has 1 heterocycles. The molecular formula is C32H40N2O4. The Morgan fingerprint density at radius 3 is 2.21 bits per heavy atom. The number of ether oxygens (including phenoxy) is 2. The topological polar surface area (TPSA) is 67.9 Å². The van der Waals surface area contributed by atoms with E-state index >= 15 is 0 Å². The zero-order valence-electron chi connectivity index (χ0n) is 23.5. The summed E-state index contributed by atoms with van der Waals surface area (Å²) in [6.07, 6.45) is 1.10. The quantitative estimate of drug-likeness (QED) is 0.406. The first-order valence-electron chi connectivity index (χ1n) is 13.7. The largest absolute Gasteiger partial charge is 0.497 e. The van der Waals surface area contributed by atoms with Crippen LogP contribution in [0, 0.1) is 5.92 Å². The average molecular weight is 517 g/mol. The monoisotopic (exact) mass is 516 g/mol. The van der Waals surface area contributed by atoms with Crippen LogP contribution in [0.5, 0.6) is 5.75 Å². The maximum atomic E-state index is 13.8. The van der Waals surface area contributed by atoms with Crippen LogP contribution in [-0.4, -0.2) is 38.6 Å². The predicted molar refractivity (Wildman–Crippen MR) is 151 cm³/mol. The van der Waals surface area contributed by atoms with Crippen molar-refractivity contribution in [2.75, 3.05) is 31.7 Å². The molecule has 2 aromatic carbocycles. The highest BCUT2D eigenvalue weighted by Crippen LogP contribution is 2.46. The number of esters is 1. The minimum Gasteiger partial charge on any atom is -0.497 e. The molecule has 0 amide bonds. The van der Waals surface area contributed by atoms with E-state index in [2.05, 4.69) is 48.3 Å². The molecule has 4 rings (SSSR count). The summed E-state index contributed by atoms with van der Waals surface area (Å²) < 4.78 is 11.0. The third-order valence-electron chi connectivity index (χ3n) is 7.54. The van der Waals surface area contributed by atoms with Gasteiger partial charge in [-0.1, -0.05) is 38.1 Å². The molecular weight excluding hydrogens is 476 g/mol. The summed E-state index contributed by atoms with van der Waals surface area (Å²) >= 11 is 0. The number of nitrogens with one attached hydrogen (secondary N) is 1. The summed E-state index contributed by atoms with van der Waals surface area (Å²) in [7, 11) is 1.65. The van der Waals surface area contributed by atoms with E-state index in [0.717, 1.165) is 47.0 Å². The number of ketones is 1. The molecule has 2 unspecified atom stereocenters.